The van der Waals surface area contributed by atoms with Gasteiger partial charge in [0.2, 0.25) is 0 Å². The van der Waals surface area contributed by atoms with Crippen LogP contribution in [0.1, 0.15) is 51.1 Å². The summed E-state index contributed by atoms with van der Waals surface area (Å²) >= 11 is 0. The van der Waals surface area contributed by atoms with Crippen molar-refractivity contribution >= 4 is 0 Å². The number of para-hydroxylation sites is 1. The van der Waals surface area contributed by atoms with Crippen molar-refractivity contribution < 1.29 is 0 Å². The minimum Gasteiger partial charge on any atom is -0.321 e. The fourth-order valence-corrected chi connectivity index (χ4v) is 3.35. The molecule has 0 amide bonds. The molecule has 4 nitrogen and oxygen atoms in total. The maximum Gasteiger partial charge on any atom is 0.332 e. The zero-order chi connectivity index (χ0) is 15.0. The highest BCUT2D eigenvalue weighted by Crippen LogP contribution is 2.38. The molecule has 1 aromatic heterocycles. The zero-order valence-electron chi connectivity index (χ0n) is 12.7. The number of nitrogens with two attached hydrogens (primary N) is 1. The van der Waals surface area contributed by atoms with E-state index < -0.39 is 0 Å². The van der Waals surface area contributed by atoms with Crippen LogP contribution < -0.4 is 11.4 Å². The van der Waals surface area contributed by atoms with Crippen molar-refractivity contribution in [1.29, 1.82) is 0 Å². The van der Waals surface area contributed by atoms with Crippen LogP contribution in [-0.2, 0) is 5.54 Å². The van der Waals surface area contributed by atoms with E-state index in [1.807, 2.05) is 44.4 Å². The molecule has 21 heavy (non-hydrogen) atoms. The van der Waals surface area contributed by atoms with Crippen LogP contribution in [0.3, 0.4) is 0 Å². The Bertz CT molecular complexity index is 690. The lowest BCUT2D eigenvalue weighted by molar-refractivity contribution is 0.459. The number of imidazole rings is 1. The normalized spacial score (nSPS) is 17.5. The summed E-state index contributed by atoms with van der Waals surface area (Å²) in [6.45, 7) is 4.03. The lowest BCUT2D eigenvalue weighted by Crippen LogP contribution is -2.35. The second-order valence-corrected chi connectivity index (χ2v) is 6.33. The third-order valence-electron chi connectivity index (χ3n) is 4.56. The van der Waals surface area contributed by atoms with Gasteiger partial charge in [0.05, 0.1) is 5.69 Å². The number of hydrogen-bond donors (Lipinski definition) is 1. The first-order valence-corrected chi connectivity index (χ1v) is 7.71. The lowest BCUT2D eigenvalue weighted by atomic mass is 9.88. The predicted octanol–water partition coefficient (Wildman–Crippen LogP) is 2.95. The Morgan fingerprint density at radius 1 is 1.14 bits per heavy atom. The first-order valence-electron chi connectivity index (χ1n) is 7.71. The van der Waals surface area contributed by atoms with E-state index >= 15 is 0 Å². The summed E-state index contributed by atoms with van der Waals surface area (Å²) in [6.07, 6.45) is 7.99. The molecule has 2 aromatic rings. The van der Waals surface area contributed by atoms with Crippen molar-refractivity contribution in [3.05, 3.63) is 52.7 Å². The molecule has 1 fully saturated rings. The van der Waals surface area contributed by atoms with Gasteiger partial charge in [-0.3, -0.25) is 9.13 Å². The molecular formula is C17H23N3O. The van der Waals surface area contributed by atoms with Gasteiger partial charge in [0.15, 0.2) is 0 Å². The Morgan fingerprint density at radius 2 is 1.81 bits per heavy atom. The van der Waals surface area contributed by atoms with E-state index in [0.717, 1.165) is 36.9 Å². The van der Waals surface area contributed by atoms with Gasteiger partial charge in [-0.2, -0.15) is 0 Å². The standard InChI is InChI=1S/C17H23N3O/c1-13(2)19-11-12-20(16(19)21)15-8-4-3-7-14(15)17(18)9-5-6-10-17/h3-4,7-8,11-13H,5-6,9-10,18H2,1-2H3. The Morgan fingerprint density at radius 3 is 2.43 bits per heavy atom. The van der Waals surface area contributed by atoms with E-state index in [9.17, 15) is 4.79 Å². The average Bonchev–Trinajstić information content (AvgIpc) is 3.06. The Hall–Kier alpha value is -1.81. The largest absolute Gasteiger partial charge is 0.332 e. The Labute approximate surface area is 125 Å². The highest BCUT2D eigenvalue weighted by molar-refractivity contribution is 5.45. The average molecular weight is 285 g/mol. The molecule has 4 heteroatoms. The molecule has 1 heterocycles. The van der Waals surface area contributed by atoms with Crippen LogP contribution in [0.4, 0.5) is 0 Å². The minimum absolute atomic E-state index is 0.000882. The summed E-state index contributed by atoms with van der Waals surface area (Å²) in [6, 6.07) is 8.20. The molecule has 0 spiro atoms. The van der Waals surface area contributed by atoms with Gasteiger partial charge in [-0.05, 0) is 38.3 Å². The van der Waals surface area contributed by atoms with Gasteiger partial charge in [-0.1, -0.05) is 31.0 Å². The number of rotatable bonds is 3. The molecule has 3 rings (SSSR count). The molecule has 0 saturated heterocycles. The molecule has 1 aliphatic carbocycles. The maximum absolute atomic E-state index is 12.6. The van der Waals surface area contributed by atoms with Crippen molar-refractivity contribution in [2.75, 3.05) is 0 Å². The van der Waals surface area contributed by atoms with Crippen LogP contribution in [0.25, 0.3) is 5.69 Å². The van der Waals surface area contributed by atoms with Crippen molar-refractivity contribution in [1.82, 2.24) is 9.13 Å². The topological polar surface area (TPSA) is 52.9 Å². The van der Waals surface area contributed by atoms with E-state index in [1.165, 1.54) is 0 Å². The molecule has 0 unspecified atom stereocenters. The van der Waals surface area contributed by atoms with Gasteiger partial charge in [-0.15, -0.1) is 0 Å². The number of benzene rings is 1. The maximum atomic E-state index is 12.6. The van der Waals surface area contributed by atoms with Crippen LogP contribution in [-0.4, -0.2) is 9.13 Å². The van der Waals surface area contributed by atoms with Gasteiger partial charge in [0, 0.05) is 24.0 Å². The number of hydrogen-bond acceptors (Lipinski definition) is 2. The summed E-state index contributed by atoms with van der Waals surface area (Å²) in [7, 11) is 0. The molecule has 112 valence electrons. The monoisotopic (exact) mass is 285 g/mol. The summed E-state index contributed by atoms with van der Waals surface area (Å²) in [5.41, 5.74) is 8.33. The summed E-state index contributed by atoms with van der Waals surface area (Å²) < 4.78 is 3.47. The van der Waals surface area contributed by atoms with Gasteiger partial charge < -0.3 is 5.73 Å². The smallest absolute Gasteiger partial charge is 0.321 e. The molecule has 1 aliphatic rings. The van der Waals surface area contributed by atoms with Crippen LogP contribution in [0.2, 0.25) is 0 Å². The third-order valence-corrected chi connectivity index (χ3v) is 4.56. The molecule has 0 radical (unpaired) electrons. The van der Waals surface area contributed by atoms with E-state index in [2.05, 4.69) is 6.07 Å². The van der Waals surface area contributed by atoms with E-state index in [-0.39, 0.29) is 17.3 Å². The fourth-order valence-electron chi connectivity index (χ4n) is 3.35. The minimum atomic E-state index is -0.296. The highest BCUT2D eigenvalue weighted by atomic mass is 16.1. The van der Waals surface area contributed by atoms with E-state index in [0.29, 0.717) is 0 Å². The summed E-state index contributed by atoms with van der Waals surface area (Å²) in [4.78, 5) is 12.6. The first-order chi connectivity index (χ1) is 10.0. The van der Waals surface area contributed by atoms with Crippen LogP contribution >= 0.6 is 0 Å². The molecule has 0 aliphatic heterocycles. The molecular weight excluding hydrogens is 262 g/mol. The van der Waals surface area contributed by atoms with E-state index in [1.54, 1.807) is 9.13 Å². The zero-order valence-corrected chi connectivity index (χ0v) is 12.7. The van der Waals surface area contributed by atoms with Crippen LogP contribution in [0.5, 0.6) is 0 Å². The van der Waals surface area contributed by atoms with Crippen molar-refractivity contribution in [2.45, 2.75) is 51.1 Å². The van der Waals surface area contributed by atoms with Gasteiger partial charge in [-0.25, -0.2) is 4.79 Å². The second kappa shape index (κ2) is 5.19. The van der Waals surface area contributed by atoms with Crippen LogP contribution in [0, 0.1) is 0 Å². The molecule has 1 saturated carbocycles. The molecule has 0 atom stereocenters. The summed E-state index contributed by atoms with van der Waals surface area (Å²) in [5.74, 6) is 0. The Balaban J connectivity index is 2.14. The van der Waals surface area contributed by atoms with Crippen LogP contribution in [0.15, 0.2) is 41.5 Å². The highest BCUT2D eigenvalue weighted by Gasteiger charge is 2.33. The van der Waals surface area contributed by atoms with Gasteiger partial charge >= 0.3 is 5.69 Å². The lowest BCUT2D eigenvalue weighted by Gasteiger charge is -2.27. The first kappa shape index (κ1) is 14.1. The van der Waals surface area contributed by atoms with Crippen molar-refractivity contribution in [3.63, 3.8) is 0 Å². The Kier molecular flexibility index (Phi) is 3.49. The molecule has 2 N–H and O–H groups in total. The predicted molar refractivity (Wildman–Crippen MR) is 84.7 cm³/mol. The fraction of sp³-hybridized carbons (Fsp3) is 0.471. The summed E-state index contributed by atoms with van der Waals surface area (Å²) in [5, 5.41) is 0. The number of aromatic nitrogens is 2. The molecule has 1 aromatic carbocycles. The van der Waals surface area contributed by atoms with Gasteiger partial charge in [0.1, 0.15) is 0 Å². The van der Waals surface area contributed by atoms with E-state index in [4.69, 9.17) is 5.73 Å². The number of nitrogens with zero attached hydrogens (tertiary/aromatic N) is 2. The van der Waals surface area contributed by atoms with Crippen molar-refractivity contribution in [3.8, 4) is 5.69 Å². The quantitative estimate of drug-likeness (QED) is 0.942. The third kappa shape index (κ3) is 2.33. The SMILES string of the molecule is CC(C)n1ccn(-c2ccccc2C2(N)CCCC2)c1=O. The van der Waals surface area contributed by atoms with Crippen molar-refractivity contribution in [2.24, 2.45) is 5.73 Å². The van der Waals surface area contributed by atoms with Gasteiger partial charge in [0.25, 0.3) is 0 Å². The second-order valence-electron chi connectivity index (χ2n) is 6.33. The molecule has 0 bridgehead atoms.